The van der Waals surface area contributed by atoms with Crippen LogP contribution < -0.4 is 10.9 Å². The minimum atomic E-state index is -0.956. The van der Waals surface area contributed by atoms with Crippen molar-refractivity contribution in [1.29, 1.82) is 0 Å². The fourth-order valence-electron chi connectivity index (χ4n) is 5.39. The van der Waals surface area contributed by atoms with Gasteiger partial charge in [0.25, 0.3) is 17.2 Å². The third-order valence-corrected chi connectivity index (χ3v) is 7.32. The number of piperidine rings is 1. The van der Waals surface area contributed by atoms with Crippen LogP contribution in [0.3, 0.4) is 0 Å². The van der Waals surface area contributed by atoms with E-state index in [9.17, 15) is 29.6 Å². The number of hydrogen-bond acceptors (Lipinski definition) is 6. The van der Waals surface area contributed by atoms with Gasteiger partial charge in [-0.25, -0.2) is 9.31 Å². The zero-order valence-corrected chi connectivity index (χ0v) is 21.7. The first-order chi connectivity index (χ1) is 18.4. The van der Waals surface area contributed by atoms with Crippen LogP contribution in [0.15, 0.2) is 53.3 Å². The third kappa shape index (κ3) is 4.80. The molecule has 2 aromatic heterocycles. The Hall–Kier alpha value is -4.74. The molecule has 3 N–H and O–H groups in total. The maximum atomic E-state index is 13.0. The number of hydrogen-bond donors (Lipinski definition) is 3. The molecule has 2 amide bonds. The van der Waals surface area contributed by atoms with Crippen molar-refractivity contribution in [3.63, 3.8) is 0 Å². The second-order valence-corrected chi connectivity index (χ2v) is 10.9. The molecule has 0 aliphatic carbocycles. The molecule has 1 saturated heterocycles. The molecule has 5 rings (SSSR count). The molecule has 2 atom stereocenters. The van der Waals surface area contributed by atoms with Gasteiger partial charge in [0.2, 0.25) is 0 Å². The van der Waals surface area contributed by atoms with Gasteiger partial charge in [0, 0.05) is 42.3 Å². The number of nitrogens with zero attached hydrogens (tertiary/aromatic N) is 4. The van der Waals surface area contributed by atoms with E-state index in [0.717, 1.165) is 0 Å². The molecule has 0 radical (unpaired) electrons. The number of rotatable bonds is 4. The van der Waals surface area contributed by atoms with Gasteiger partial charge in [0.05, 0.1) is 27.2 Å². The molecule has 4 aromatic rings. The standard InChI is InChI=1S/C27H28N6O6/c1-27(2,3)21-13-16(11-12-31(21)26(36)37)20-14-22(34)29-24-23-18(5-4-6-19(23)30-32(20)24)28-25(35)15-7-9-17(10-8-15)33(38)39/h4-10,14,16,21H,11-13H2,1-3H3,(H,28,35)(H,29,34)(H,36,37). The Morgan fingerprint density at radius 2 is 1.90 bits per heavy atom. The lowest BCUT2D eigenvalue weighted by Crippen LogP contribution is -2.51. The van der Waals surface area contributed by atoms with Crippen molar-refractivity contribution in [2.24, 2.45) is 5.41 Å². The van der Waals surface area contributed by atoms with E-state index in [1.165, 1.54) is 35.2 Å². The zero-order valence-electron chi connectivity index (χ0n) is 21.7. The van der Waals surface area contributed by atoms with Crippen LogP contribution >= 0.6 is 0 Å². The second kappa shape index (κ2) is 9.53. The van der Waals surface area contributed by atoms with Gasteiger partial charge < -0.3 is 20.3 Å². The molecule has 2 aromatic carbocycles. The van der Waals surface area contributed by atoms with E-state index in [0.29, 0.717) is 47.3 Å². The summed E-state index contributed by atoms with van der Waals surface area (Å²) in [6, 6.07) is 11.7. The molecule has 39 heavy (non-hydrogen) atoms. The summed E-state index contributed by atoms with van der Waals surface area (Å²) >= 11 is 0. The quantitative estimate of drug-likeness (QED) is 0.255. The van der Waals surface area contributed by atoms with Gasteiger partial charge in [-0.05, 0) is 42.5 Å². The Bertz CT molecular complexity index is 1670. The van der Waals surface area contributed by atoms with Crippen molar-refractivity contribution in [3.8, 4) is 0 Å². The van der Waals surface area contributed by atoms with Crippen molar-refractivity contribution in [1.82, 2.24) is 19.5 Å². The van der Waals surface area contributed by atoms with E-state index >= 15 is 0 Å². The summed E-state index contributed by atoms with van der Waals surface area (Å²) in [6.07, 6.45) is 0.119. The third-order valence-electron chi connectivity index (χ3n) is 7.32. The SMILES string of the molecule is CC(C)(C)C1CC(c2cc(=O)[nH]c3c4c(NC(=O)c5ccc([N+](=O)[O-])cc5)cccc4nn23)CCN1C(=O)O. The number of nitro benzene ring substituents is 1. The van der Waals surface area contributed by atoms with Crippen molar-refractivity contribution in [2.75, 3.05) is 11.9 Å². The van der Waals surface area contributed by atoms with Crippen molar-refractivity contribution in [3.05, 3.63) is 80.3 Å². The lowest BCUT2D eigenvalue weighted by Gasteiger charge is -2.44. The van der Waals surface area contributed by atoms with Crippen molar-refractivity contribution >= 4 is 39.9 Å². The highest BCUT2D eigenvalue weighted by molar-refractivity contribution is 6.12. The largest absolute Gasteiger partial charge is 0.465 e. The average molecular weight is 533 g/mol. The van der Waals surface area contributed by atoms with Crippen molar-refractivity contribution < 1.29 is 19.6 Å². The number of anilines is 1. The second-order valence-electron chi connectivity index (χ2n) is 10.9. The van der Waals surface area contributed by atoms with E-state index in [1.807, 2.05) is 20.8 Å². The summed E-state index contributed by atoms with van der Waals surface area (Å²) < 4.78 is 1.68. The van der Waals surface area contributed by atoms with E-state index in [4.69, 9.17) is 5.10 Å². The number of nitro groups is 1. The number of aromatic amines is 1. The number of carbonyl (C=O) groups is 2. The molecule has 3 heterocycles. The van der Waals surface area contributed by atoms with E-state index in [-0.39, 0.29) is 34.2 Å². The highest BCUT2D eigenvalue weighted by Gasteiger charge is 2.40. The minimum absolute atomic E-state index is 0.109. The minimum Gasteiger partial charge on any atom is -0.465 e. The molecule has 1 aliphatic rings. The van der Waals surface area contributed by atoms with Crippen LogP contribution in [0.5, 0.6) is 0 Å². The number of nitrogens with one attached hydrogen (secondary N) is 2. The van der Waals surface area contributed by atoms with Gasteiger partial charge in [-0.3, -0.25) is 19.7 Å². The fraction of sp³-hybridized carbons (Fsp3) is 0.333. The van der Waals surface area contributed by atoms with Gasteiger partial charge in [-0.15, -0.1) is 0 Å². The lowest BCUT2D eigenvalue weighted by atomic mass is 9.76. The maximum Gasteiger partial charge on any atom is 0.407 e. The summed E-state index contributed by atoms with van der Waals surface area (Å²) in [6.45, 7) is 6.36. The summed E-state index contributed by atoms with van der Waals surface area (Å²) in [5.74, 6) is -0.577. The number of aromatic nitrogens is 3. The molecule has 1 fully saturated rings. The number of carboxylic acid groups (broad SMARTS) is 1. The first-order valence-corrected chi connectivity index (χ1v) is 12.5. The predicted octanol–water partition coefficient (Wildman–Crippen LogP) is 4.61. The number of fused-ring (bicyclic) bond motifs is 3. The van der Waals surface area contributed by atoms with E-state index < -0.39 is 16.9 Å². The summed E-state index contributed by atoms with van der Waals surface area (Å²) in [5, 5.41) is 28.8. The zero-order chi connectivity index (χ0) is 28.1. The number of non-ortho nitro benzene ring substituents is 1. The first kappa shape index (κ1) is 25.9. The number of carbonyl (C=O) groups excluding carboxylic acids is 1. The number of benzene rings is 2. The predicted molar refractivity (Wildman–Crippen MR) is 144 cm³/mol. The smallest absolute Gasteiger partial charge is 0.407 e. The van der Waals surface area contributed by atoms with E-state index in [2.05, 4.69) is 10.3 Å². The van der Waals surface area contributed by atoms with Gasteiger partial charge in [-0.1, -0.05) is 26.8 Å². The molecule has 12 heteroatoms. The molecular formula is C27H28N6O6. The van der Waals surface area contributed by atoms with Gasteiger partial charge >= 0.3 is 6.09 Å². The van der Waals surface area contributed by atoms with Gasteiger partial charge in [0.15, 0.2) is 0 Å². The summed E-state index contributed by atoms with van der Waals surface area (Å²) in [7, 11) is 0. The Morgan fingerprint density at radius 3 is 2.54 bits per heavy atom. The number of amides is 2. The summed E-state index contributed by atoms with van der Waals surface area (Å²) in [5.41, 5.74) is 1.55. The Kier molecular flexibility index (Phi) is 6.33. The van der Waals surface area contributed by atoms with Crippen LogP contribution in [0.25, 0.3) is 16.6 Å². The molecular weight excluding hydrogens is 504 g/mol. The molecule has 12 nitrogen and oxygen atoms in total. The number of H-pyrrole nitrogens is 1. The highest BCUT2D eigenvalue weighted by Crippen LogP contribution is 2.39. The highest BCUT2D eigenvalue weighted by atomic mass is 16.6. The van der Waals surface area contributed by atoms with Gasteiger partial charge in [-0.2, -0.15) is 5.10 Å². The van der Waals surface area contributed by atoms with Crippen LogP contribution in [-0.2, 0) is 0 Å². The Balaban J connectivity index is 1.55. The molecule has 2 unspecified atom stereocenters. The Labute approximate surface area is 222 Å². The average Bonchev–Trinajstić information content (AvgIpc) is 3.26. The normalized spacial score (nSPS) is 17.9. The van der Waals surface area contributed by atoms with Crippen LogP contribution in [-0.4, -0.2) is 54.1 Å². The lowest BCUT2D eigenvalue weighted by molar-refractivity contribution is -0.384. The molecule has 1 aliphatic heterocycles. The van der Waals surface area contributed by atoms with Crippen LogP contribution in [0.2, 0.25) is 0 Å². The Morgan fingerprint density at radius 1 is 1.18 bits per heavy atom. The molecule has 202 valence electrons. The van der Waals surface area contributed by atoms with E-state index in [1.54, 1.807) is 22.7 Å². The fourth-order valence-corrected chi connectivity index (χ4v) is 5.39. The molecule has 0 saturated carbocycles. The first-order valence-electron chi connectivity index (χ1n) is 12.5. The summed E-state index contributed by atoms with van der Waals surface area (Å²) in [4.78, 5) is 52.4. The van der Waals surface area contributed by atoms with Crippen LogP contribution in [0, 0.1) is 15.5 Å². The molecule has 0 bridgehead atoms. The van der Waals surface area contributed by atoms with Crippen molar-refractivity contribution in [2.45, 2.75) is 45.6 Å². The maximum absolute atomic E-state index is 13.0. The van der Waals surface area contributed by atoms with Crippen LogP contribution in [0.1, 0.15) is 55.6 Å². The van der Waals surface area contributed by atoms with Crippen LogP contribution in [0.4, 0.5) is 16.2 Å². The monoisotopic (exact) mass is 532 g/mol. The topological polar surface area (TPSA) is 163 Å². The van der Waals surface area contributed by atoms with Gasteiger partial charge in [0.1, 0.15) is 5.65 Å². The molecule has 0 spiro atoms. The number of likely N-dealkylation sites (tertiary alicyclic amines) is 1.